The second kappa shape index (κ2) is 8.70. The van der Waals surface area contributed by atoms with Crippen molar-refractivity contribution < 1.29 is 22.9 Å². The summed E-state index contributed by atoms with van der Waals surface area (Å²) in [5.41, 5.74) is 0.105. The van der Waals surface area contributed by atoms with Crippen LogP contribution in [0.15, 0.2) is 47.4 Å². The van der Waals surface area contributed by atoms with E-state index in [-0.39, 0.29) is 27.9 Å². The summed E-state index contributed by atoms with van der Waals surface area (Å²) < 4.78 is 32.9. The van der Waals surface area contributed by atoms with Gasteiger partial charge in [-0.3, -0.25) is 19.6 Å². The van der Waals surface area contributed by atoms with E-state index in [1.807, 2.05) is 13.8 Å². The van der Waals surface area contributed by atoms with Crippen LogP contribution in [0.5, 0.6) is 5.75 Å². The summed E-state index contributed by atoms with van der Waals surface area (Å²) in [6.07, 6.45) is 0. The first-order chi connectivity index (χ1) is 13.2. The van der Waals surface area contributed by atoms with E-state index in [1.165, 1.54) is 25.3 Å². The van der Waals surface area contributed by atoms with Crippen LogP contribution in [0.4, 0.5) is 11.4 Å². The Morgan fingerprint density at radius 1 is 1.18 bits per heavy atom. The van der Waals surface area contributed by atoms with E-state index in [0.29, 0.717) is 18.7 Å². The fourth-order valence-electron chi connectivity index (χ4n) is 2.61. The average Bonchev–Trinajstić information content (AvgIpc) is 2.68. The van der Waals surface area contributed by atoms with Gasteiger partial charge in [-0.15, -0.1) is 0 Å². The molecule has 10 heteroatoms. The van der Waals surface area contributed by atoms with Crippen molar-refractivity contribution in [3.63, 3.8) is 0 Å². The number of non-ortho nitro benzene ring substituents is 1. The van der Waals surface area contributed by atoms with Gasteiger partial charge in [0.1, 0.15) is 10.6 Å². The summed E-state index contributed by atoms with van der Waals surface area (Å²) in [5, 5.41) is 11.0. The van der Waals surface area contributed by atoms with Crippen LogP contribution < -0.4 is 9.46 Å². The van der Waals surface area contributed by atoms with Gasteiger partial charge in [-0.1, -0.05) is 6.07 Å². The molecule has 0 saturated carbocycles. The molecule has 2 rings (SSSR count). The minimum absolute atomic E-state index is 0.0338. The number of hydrogen-bond acceptors (Lipinski definition) is 6. The largest absolute Gasteiger partial charge is 0.495 e. The summed E-state index contributed by atoms with van der Waals surface area (Å²) in [6, 6.07) is 9.34. The van der Waals surface area contributed by atoms with E-state index < -0.39 is 14.9 Å². The van der Waals surface area contributed by atoms with Gasteiger partial charge in [0.2, 0.25) is 0 Å². The van der Waals surface area contributed by atoms with Crippen LogP contribution in [-0.4, -0.2) is 44.3 Å². The molecule has 28 heavy (non-hydrogen) atoms. The zero-order valence-electron chi connectivity index (χ0n) is 15.7. The van der Waals surface area contributed by atoms with Crippen LogP contribution in [0.3, 0.4) is 0 Å². The Morgan fingerprint density at radius 3 is 2.43 bits per heavy atom. The molecule has 0 fully saturated rings. The number of carbonyl (C=O) groups excluding carboxylic acids is 1. The second-order valence-electron chi connectivity index (χ2n) is 5.76. The van der Waals surface area contributed by atoms with Gasteiger partial charge in [-0.25, -0.2) is 8.42 Å². The SMILES string of the molecule is CCN(CC)C(=O)c1cccc(NS(=O)(=O)c2cc([N+](=O)[O-])ccc2OC)c1. The third kappa shape index (κ3) is 4.58. The summed E-state index contributed by atoms with van der Waals surface area (Å²) >= 11 is 0. The van der Waals surface area contributed by atoms with E-state index in [9.17, 15) is 23.3 Å². The Labute approximate surface area is 163 Å². The topological polar surface area (TPSA) is 119 Å². The van der Waals surface area contributed by atoms with E-state index in [0.717, 1.165) is 12.1 Å². The molecule has 0 aliphatic heterocycles. The predicted molar refractivity (Wildman–Crippen MR) is 104 cm³/mol. The van der Waals surface area contributed by atoms with Crippen molar-refractivity contribution in [1.29, 1.82) is 0 Å². The number of nitrogens with one attached hydrogen (secondary N) is 1. The average molecular weight is 407 g/mol. The highest BCUT2D eigenvalue weighted by molar-refractivity contribution is 7.92. The minimum atomic E-state index is -4.19. The lowest BCUT2D eigenvalue weighted by Gasteiger charge is -2.19. The number of nitro groups is 1. The highest BCUT2D eigenvalue weighted by atomic mass is 32.2. The second-order valence-corrected chi connectivity index (χ2v) is 7.41. The van der Waals surface area contributed by atoms with Crippen molar-refractivity contribution in [3.8, 4) is 5.75 Å². The molecule has 0 atom stereocenters. The third-order valence-electron chi connectivity index (χ3n) is 4.06. The molecule has 0 radical (unpaired) electrons. The highest BCUT2D eigenvalue weighted by Gasteiger charge is 2.24. The van der Waals surface area contributed by atoms with Crippen LogP contribution in [0.2, 0.25) is 0 Å². The number of hydrogen-bond donors (Lipinski definition) is 1. The summed E-state index contributed by atoms with van der Waals surface area (Å²) in [4.78, 5) is 24.0. The maximum Gasteiger partial charge on any atom is 0.271 e. The first kappa shape index (κ1) is 21.2. The Kier molecular flexibility index (Phi) is 6.57. The number of benzene rings is 2. The normalized spacial score (nSPS) is 11.0. The van der Waals surface area contributed by atoms with Gasteiger partial charge in [0.05, 0.1) is 12.0 Å². The summed E-state index contributed by atoms with van der Waals surface area (Å²) in [7, 11) is -2.92. The number of nitrogens with zero attached hydrogens (tertiary/aromatic N) is 2. The Hall–Kier alpha value is -3.14. The van der Waals surface area contributed by atoms with E-state index in [2.05, 4.69) is 4.72 Å². The molecule has 150 valence electrons. The maximum absolute atomic E-state index is 12.8. The molecule has 0 spiro atoms. The van der Waals surface area contributed by atoms with Gasteiger partial charge in [0.15, 0.2) is 0 Å². The monoisotopic (exact) mass is 407 g/mol. The Morgan fingerprint density at radius 2 is 1.86 bits per heavy atom. The molecule has 0 aliphatic carbocycles. The molecule has 1 N–H and O–H groups in total. The number of amides is 1. The van der Waals surface area contributed by atoms with Crippen molar-refractivity contribution in [2.45, 2.75) is 18.7 Å². The molecule has 0 unspecified atom stereocenters. The molecule has 1 amide bonds. The van der Waals surface area contributed by atoms with Gasteiger partial charge in [0.25, 0.3) is 21.6 Å². The standard InChI is InChI=1S/C18H21N3O6S/c1-4-20(5-2)18(22)13-7-6-8-14(11-13)19-28(25,26)17-12-15(21(23)24)9-10-16(17)27-3/h6-12,19H,4-5H2,1-3H3. The fourth-order valence-corrected chi connectivity index (χ4v) is 3.85. The predicted octanol–water partition coefficient (Wildman–Crippen LogP) is 2.89. The van der Waals surface area contributed by atoms with E-state index in [1.54, 1.807) is 17.0 Å². The number of nitro benzene ring substituents is 1. The van der Waals surface area contributed by atoms with Crippen LogP contribution >= 0.6 is 0 Å². The van der Waals surface area contributed by atoms with E-state index in [4.69, 9.17) is 4.74 Å². The van der Waals surface area contributed by atoms with Crippen molar-refractivity contribution in [2.24, 2.45) is 0 Å². The minimum Gasteiger partial charge on any atom is -0.495 e. The molecular weight excluding hydrogens is 386 g/mol. The smallest absolute Gasteiger partial charge is 0.271 e. The van der Waals surface area contributed by atoms with Gasteiger partial charge < -0.3 is 9.64 Å². The third-order valence-corrected chi connectivity index (χ3v) is 5.46. The van der Waals surface area contributed by atoms with Gasteiger partial charge in [-0.2, -0.15) is 0 Å². The molecular formula is C18H21N3O6S. The fraction of sp³-hybridized carbons (Fsp3) is 0.278. The van der Waals surface area contributed by atoms with Crippen LogP contribution in [0.1, 0.15) is 24.2 Å². The maximum atomic E-state index is 12.8. The molecule has 2 aromatic carbocycles. The molecule has 0 saturated heterocycles. The van der Waals surface area contributed by atoms with Gasteiger partial charge in [0, 0.05) is 36.5 Å². The molecule has 0 heterocycles. The van der Waals surface area contributed by atoms with Gasteiger partial charge in [-0.05, 0) is 38.1 Å². The first-order valence-corrected chi connectivity index (χ1v) is 9.96. The number of sulfonamides is 1. The van der Waals surface area contributed by atoms with Crippen LogP contribution in [0, 0.1) is 10.1 Å². The van der Waals surface area contributed by atoms with Crippen molar-refractivity contribution in [1.82, 2.24) is 4.90 Å². The molecule has 0 bridgehead atoms. The Balaban J connectivity index is 2.40. The number of methoxy groups -OCH3 is 1. The highest BCUT2D eigenvalue weighted by Crippen LogP contribution is 2.29. The van der Waals surface area contributed by atoms with Crippen LogP contribution in [-0.2, 0) is 10.0 Å². The zero-order chi connectivity index (χ0) is 20.9. The number of ether oxygens (including phenoxy) is 1. The summed E-state index contributed by atoms with van der Waals surface area (Å²) in [5.74, 6) is -0.257. The molecule has 9 nitrogen and oxygen atoms in total. The first-order valence-electron chi connectivity index (χ1n) is 8.48. The lowest BCUT2D eigenvalue weighted by molar-refractivity contribution is -0.385. The van der Waals surface area contributed by atoms with Crippen molar-refractivity contribution in [2.75, 3.05) is 24.9 Å². The van der Waals surface area contributed by atoms with Crippen molar-refractivity contribution >= 4 is 27.3 Å². The van der Waals surface area contributed by atoms with Gasteiger partial charge >= 0.3 is 0 Å². The number of rotatable bonds is 8. The summed E-state index contributed by atoms with van der Waals surface area (Å²) in [6.45, 7) is 4.75. The molecule has 0 aliphatic rings. The zero-order valence-corrected chi connectivity index (χ0v) is 16.5. The molecule has 0 aromatic heterocycles. The quantitative estimate of drug-likeness (QED) is 0.531. The number of carbonyl (C=O) groups is 1. The Bertz CT molecular complexity index is 987. The van der Waals surface area contributed by atoms with Crippen LogP contribution in [0.25, 0.3) is 0 Å². The van der Waals surface area contributed by atoms with Crippen molar-refractivity contribution in [3.05, 3.63) is 58.1 Å². The molecule has 2 aromatic rings. The van der Waals surface area contributed by atoms with E-state index >= 15 is 0 Å². The lowest BCUT2D eigenvalue weighted by atomic mass is 10.2. The number of anilines is 1. The lowest BCUT2D eigenvalue weighted by Crippen LogP contribution is -2.30.